The lowest BCUT2D eigenvalue weighted by Gasteiger charge is -2.25. The Kier molecular flexibility index (Phi) is 5.95. The third kappa shape index (κ3) is 4.86. The van der Waals surface area contributed by atoms with Crippen LogP contribution in [0, 0.1) is 5.92 Å². The molecule has 2 aliphatic rings. The molecule has 2 rings (SSSR count). The number of hydrogen-bond acceptors (Lipinski definition) is 6. The number of fused-ring (bicyclic) bond motifs is 1. The predicted octanol–water partition coefficient (Wildman–Crippen LogP) is 2.36. The zero-order valence-corrected chi connectivity index (χ0v) is 14.2. The van der Waals surface area contributed by atoms with E-state index in [9.17, 15) is 9.59 Å². The van der Waals surface area contributed by atoms with E-state index in [0.717, 1.165) is 0 Å². The molecular formula is C17H26O6. The molecule has 0 amide bonds. The molecule has 6 nitrogen and oxygen atoms in total. The van der Waals surface area contributed by atoms with Gasteiger partial charge in [0.25, 0.3) is 0 Å². The Labute approximate surface area is 137 Å². The van der Waals surface area contributed by atoms with E-state index in [0.29, 0.717) is 25.9 Å². The molecule has 23 heavy (non-hydrogen) atoms. The van der Waals surface area contributed by atoms with Gasteiger partial charge in [0.2, 0.25) is 0 Å². The summed E-state index contributed by atoms with van der Waals surface area (Å²) in [6, 6.07) is 0. The van der Waals surface area contributed by atoms with E-state index in [2.05, 4.69) is 0 Å². The molecule has 0 spiro atoms. The Balaban J connectivity index is 1.91. The molecule has 2 aliphatic heterocycles. The summed E-state index contributed by atoms with van der Waals surface area (Å²) in [5.74, 6) is -0.931. The molecular weight excluding hydrogens is 300 g/mol. The highest BCUT2D eigenvalue weighted by Gasteiger charge is 2.54. The maximum absolute atomic E-state index is 11.6. The average molecular weight is 326 g/mol. The number of allylic oxidation sites excluding steroid dienone is 1. The third-order valence-electron chi connectivity index (χ3n) is 3.98. The van der Waals surface area contributed by atoms with Gasteiger partial charge in [-0.1, -0.05) is 6.08 Å². The van der Waals surface area contributed by atoms with Gasteiger partial charge in [-0.3, -0.25) is 0 Å². The molecule has 0 unspecified atom stereocenters. The topological polar surface area (TPSA) is 71.1 Å². The lowest BCUT2D eigenvalue weighted by atomic mass is 9.90. The summed E-state index contributed by atoms with van der Waals surface area (Å²) in [5.41, 5.74) is 0. The zero-order valence-electron chi connectivity index (χ0n) is 14.2. The molecule has 2 saturated heterocycles. The number of ether oxygens (including phenoxy) is 4. The number of Topliss-reactive ketones (excluding diaryl/α,β-unsaturated/α-hetero) is 1. The summed E-state index contributed by atoms with van der Waals surface area (Å²) in [7, 11) is 0. The van der Waals surface area contributed by atoms with E-state index in [1.807, 2.05) is 13.8 Å². The van der Waals surface area contributed by atoms with Crippen molar-refractivity contribution in [3.05, 3.63) is 12.2 Å². The molecule has 0 aromatic rings. The minimum Gasteiger partial charge on any atom is -0.463 e. The Morgan fingerprint density at radius 1 is 1.26 bits per heavy atom. The van der Waals surface area contributed by atoms with Gasteiger partial charge in [0.1, 0.15) is 11.9 Å². The van der Waals surface area contributed by atoms with E-state index < -0.39 is 12.1 Å². The van der Waals surface area contributed by atoms with Crippen molar-refractivity contribution in [2.45, 2.75) is 71.2 Å². The third-order valence-corrected chi connectivity index (χ3v) is 3.98. The maximum Gasteiger partial charge on any atom is 0.330 e. The lowest BCUT2D eigenvalue weighted by molar-refractivity contribution is -0.210. The largest absolute Gasteiger partial charge is 0.463 e. The van der Waals surface area contributed by atoms with Crippen LogP contribution in [0.25, 0.3) is 0 Å². The molecule has 130 valence electrons. The smallest absolute Gasteiger partial charge is 0.330 e. The first kappa shape index (κ1) is 18.1. The van der Waals surface area contributed by atoms with Crippen molar-refractivity contribution >= 4 is 11.8 Å². The second-order valence-electron chi connectivity index (χ2n) is 6.44. The van der Waals surface area contributed by atoms with E-state index in [1.165, 1.54) is 6.08 Å². The van der Waals surface area contributed by atoms with E-state index in [1.54, 1.807) is 19.9 Å². The van der Waals surface area contributed by atoms with Crippen LogP contribution in [0.1, 0.15) is 47.0 Å². The Hall–Kier alpha value is -1.24. The van der Waals surface area contributed by atoms with Gasteiger partial charge in [0.15, 0.2) is 12.1 Å². The molecule has 2 heterocycles. The first-order valence-corrected chi connectivity index (χ1v) is 8.16. The molecule has 6 heteroatoms. The van der Waals surface area contributed by atoms with Crippen LogP contribution in [0.4, 0.5) is 0 Å². The predicted molar refractivity (Wildman–Crippen MR) is 82.5 cm³/mol. The van der Waals surface area contributed by atoms with Crippen molar-refractivity contribution in [2.24, 2.45) is 5.92 Å². The Bertz CT molecular complexity index is 470. The van der Waals surface area contributed by atoms with Crippen molar-refractivity contribution in [3.8, 4) is 0 Å². The first-order chi connectivity index (χ1) is 10.8. The van der Waals surface area contributed by atoms with E-state index in [-0.39, 0.29) is 29.9 Å². The summed E-state index contributed by atoms with van der Waals surface area (Å²) >= 11 is 0. The standard InChI is InChI=1S/C17H26O6/c1-5-20-14(19)9-7-6-8-13-12(10-11(2)18)15-16(21-13)23-17(3,4)22-15/h7,9,12-13,15-16H,5-6,8,10H2,1-4H3/b9-7+/t12-,13-,15-,16-/m1/s1. The van der Waals surface area contributed by atoms with Gasteiger partial charge in [-0.2, -0.15) is 0 Å². The fourth-order valence-electron chi connectivity index (χ4n) is 3.13. The summed E-state index contributed by atoms with van der Waals surface area (Å²) < 4.78 is 22.4. The maximum atomic E-state index is 11.6. The average Bonchev–Trinajstić information content (AvgIpc) is 2.88. The Morgan fingerprint density at radius 3 is 2.65 bits per heavy atom. The van der Waals surface area contributed by atoms with E-state index in [4.69, 9.17) is 18.9 Å². The quantitative estimate of drug-likeness (QED) is 0.528. The first-order valence-electron chi connectivity index (χ1n) is 8.16. The van der Waals surface area contributed by atoms with Crippen LogP contribution in [0.3, 0.4) is 0 Å². The molecule has 0 aromatic heterocycles. The van der Waals surface area contributed by atoms with Gasteiger partial charge in [-0.05, 0) is 40.5 Å². The highest BCUT2D eigenvalue weighted by Crippen LogP contribution is 2.43. The number of carbonyl (C=O) groups is 2. The van der Waals surface area contributed by atoms with Crippen LogP contribution in [0.2, 0.25) is 0 Å². The molecule has 0 bridgehead atoms. The second-order valence-corrected chi connectivity index (χ2v) is 6.44. The van der Waals surface area contributed by atoms with Gasteiger partial charge in [-0.25, -0.2) is 4.79 Å². The number of carbonyl (C=O) groups excluding carboxylic acids is 2. The van der Waals surface area contributed by atoms with Gasteiger partial charge in [0, 0.05) is 18.4 Å². The Morgan fingerprint density at radius 2 is 2.00 bits per heavy atom. The van der Waals surface area contributed by atoms with Gasteiger partial charge in [-0.15, -0.1) is 0 Å². The molecule has 2 fully saturated rings. The number of ketones is 1. The van der Waals surface area contributed by atoms with Crippen LogP contribution in [-0.2, 0) is 28.5 Å². The van der Waals surface area contributed by atoms with Crippen molar-refractivity contribution in [2.75, 3.05) is 6.61 Å². The number of esters is 1. The number of hydrogen-bond donors (Lipinski definition) is 0. The fraction of sp³-hybridized carbons (Fsp3) is 0.765. The number of rotatable bonds is 7. The highest BCUT2D eigenvalue weighted by molar-refractivity contribution is 5.81. The minimum absolute atomic E-state index is 0.0183. The molecule has 0 radical (unpaired) electrons. The van der Waals surface area contributed by atoms with Crippen LogP contribution in [-0.4, -0.2) is 42.6 Å². The summed E-state index contributed by atoms with van der Waals surface area (Å²) in [4.78, 5) is 22.8. The van der Waals surface area contributed by atoms with Crippen molar-refractivity contribution in [1.29, 1.82) is 0 Å². The van der Waals surface area contributed by atoms with Crippen molar-refractivity contribution in [3.63, 3.8) is 0 Å². The molecule has 4 atom stereocenters. The molecule has 0 aromatic carbocycles. The van der Waals surface area contributed by atoms with Gasteiger partial charge >= 0.3 is 5.97 Å². The summed E-state index contributed by atoms with van der Waals surface area (Å²) in [6.07, 6.45) is 4.22. The van der Waals surface area contributed by atoms with Crippen molar-refractivity contribution < 1.29 is 28.5 Å². The summed E-state index contributed by atoms with van der Waals surface area (Å²) in [5, 5.41) is 0. The normalized spacial score (nSPS) is 32.2. The van der Waals surface area contributed by atoms with Gasteiger partial charge < -0.3 is 23.7 Å². The van der Waals surface area contributed by atoms with Crippen LogP contribution < -0.4 is 0 Å². The lowest BCUT2D eigenvalue weighted by Crippen LogP contribution is -2.31. The van der Waals surface area contributed by atoms with Crippen molar-refractivity contribution in [1.82, 2.24) is 0 Å². The fourth-order valence-corrected chi connectivity index (χ4v) is 3.13. The highest BCUT2D eigenvalue weighted by atomic mass is 16.8. The monoisotopic (exact) mass is 326 g/mol. The zero-order chi connectivity index (χ0) is 17.0. The molecule has 0 N–H and O–H groups in total. The van der Waals surface area contributed by atoms with Crippen LogP contribution in [0.5, 0.6) is 0 Å². The summed E-state index contributed by atoms with van der Waals surface area (Å²) in [6.45, 7) is 7.40. The van der Waals surface area contributed by atoms with Crippen LogP contribution >= 0.6 is 0 Å². The molecule has 0 aliphatic carbocycles. The minimum atomic E-state index is -0.681. The SMILES string of the molecule is CCOC(=O)/C=C/CC[C@H]1O[C@@H]2OC(C)(C)O[C@@H]2[C@@H]1CC(C)=O. The van der Waals surface area contributed by atoms with Crippen LogP contribution in [0.15, 0.2) is 12.2 Å². The van der Waals surface area contributed by atoms with E-state index >= 15 is 0 Å². The van der Waals surface area contributed by atoms with Gasteiger partial charge in [0.05, 0.1) is 12.7 Å². The second kappa shape index (κ2) is 7.55. The molecule has 0 saturated carbocycles.